The van der Waals surface area contributed by atoms with Crippen molar-refractivity contribution in [2.75, 3.05) is 0 Å². The van der Waals surface area contributed by atoms with E-state index in [0.29, 0.717) is 0 Å². The number of fused-ring (bicyclic) bond motifs is 1. The quantitative estimate of drug-likeness (QED) is 0.896. The average Bonchev–Trinajstić information content (AvgIpc) is 2.19. The van der Waals surface area contributed by atoms with Crippen molar-refractivity contribution in [3.8, 4) is 5.75 Å². The van der Waals surface area contributed by atoms with Crippen LogP contribution in [0.25, 0.3) is 0 Å². The van der Waals surface area contributed by atoms with Crippen molar-refractivity contribution < 1.29 is 4.74 Å². The van der Waals surface area contributed by atoms with Crippen molar-refractivity contribution in [1.29, 1.82) is 0 Å². The van der Waals surface area contributed by atoms with Crippen LogP contribution in [0.15, 0.2) is 22.7 Å². The minimum absolute atomic E-state index is 0.0813. The third-order valence-corrected chi connectivity index (χ3v) is 3.65. The van der Waals surface area contributed by atoms with Crippen molar-refractivity contribution in [2.24, 2.45) is 5.73 Å². The Balaban J connectivity index is 2.33. The number of hydrogen-bond donors (Lipinski definition) is 1. The Morgan fingerprint density at radius 1 is 1.56 bits per heavy atom. The lowest BCUT2D eigenvalue weighted by molar-refractivity contribution is 0.0448. The Hall–Kier alpha value is -0.540. The van der Waals surface area contributed by atoms with Crippen LogP contribution >= 0.6 is 15.9 Å². The van der Waals surface area contributed by atoms with Gasteiger partial charge in [0, 0.05) is 22.5 Å². The van der Waals surface area contributed by atoms with E-state index in [4.69, 9.17) is 10.5 Å². The highest BCUT2D eigenvalue weighted by Crippen LogP contribution is 2.41. The molecule has 2 N–H and O–H groups in total. The van der Waals surface area contributed by atoms with Crippen molar-refractivity contribution in [2.45, 2.75) is 44.8 Å². The third-order valence-electron chi connectivity index (χ3n) is 3.16. The highest BCUT2D eigenvalue weighted by molar-refractivity contribution is 9.10. The molecule has 0 fully saturated rings. The fraction of sp³-hybridized carbons (Fsp3) is 0.538. The molecular weight excluding hydrogens is 266 g/mol. The summed E-state index contributed by atoms with van der Waals surface area (Å²) in [5.41, 5.74) is 7.23. The average molecular weight is 284 g/mol. The second-order valence-corrected chi connectivity index (χ2v) is 5.71. The molecule has 0 aromatic heterocycles. The fourth-order valence-electron chi connectivity index (χ4n) is 2.47. The maximum Gasteiger partial charge on any atom is 0.124 e. The topological polar surface area (TPSA) is 35.2 Å². The van der Waals surface area contributed by atoms with Crippen LogP contribution in [0.4, 0.5) is 0 Å². The first-order valence-corrected chi connectivity index (χ1v) is 6.57. The predicted octanol–water partition coefficient (Wildman–Crippen LogP) is 3.79. The Bertz CT molecular complexity index is 394. The second kappa shape index (κ2) is 4.38. The van der Waals surface area contributed by atoms with Gasteiger partial charge >= 0.3 is 0 Å². The van der Waals surface area contributed by atoms with Crippen LogP contribution in [-0.4, -0.2) is 5.60 Å². The first-order chi connectivity index (χ1) is 7.54. The third kappa shape index (κ3) is 2.25. The molecule has 0 saturated heterocycles. The van der Waals surface area contributed by atoms with Gasteiger partial charge in [-0.05, 0) is 31.5 Å². The molecule has 0 radical (unpaired) electrons. The molecule has 2 atom stereocenters. The van der Waals surface area contributed by atoms with E-state index in [1.54, 1.807) is 0 Å². The summed E-state index contributed by atoms with van der Waals surface area (Å²) in [5, 5.41) is 0. The van der Waals surface area contributed by atoms with Gasteiger partial charge in [0.2, 0.25) is 0 Å². The zero-order valence-corrected chi connectivity index (χ0v) is 11.4. The molecule has 2 rings (SSSR count). The SMILES string of the molecule is CCCC1(C)C[C@@H](N)c2cc(Br)ccc2O1. The smallest absolute Gasteiger partial charge is 0.124 e. The van der Waals surface area contributed by atoms with Gasteiger partial charge in [-0.15, -0.1) is 0 Å². The summed E-state index contributed by atoms with van der Waals surface area (Å²) in [6.45, 7) is 4.33. The molecule has 16 heavy (non-hydrogen) atoms. The monoisotopic (exact) mass is 283 g/mol. The zero-order chi connectivity index (χ0) is 11.8. The van der Waals surface area contributed by atoms with Gasteiger partial charge in [-0.25, -0.2) is 0 Å². The summed E-state index contributed by atoms with van der Waals surface area (Å²) < 4.78 is 7.14. The normalized spacial score (nSPS) is 28.4. The van der Waals surface area contributed by atoms with E-state index in [1.807, 2.05) is 12.1 Å². The van der Waals surface area contributed by atoms with Crippen LogP contribution in [0.5, 0.6) is 5.75 Å². The van der Waals surface area contributed by atoms with Gasteiger partial charge in [-0.1, -0.05) is 29.3 Å². The molecule has 1 aliphatic heterocycles. The molecule has 0 saturated carbocycles. The molecule has 88 valence electrons. The van der Waals surface area contributed by atoms with E-state index in [0.717, 1.165) is 35.0 Å². The maximum atomic E-state index is 6.22. The summed E-state index contributed by atoms with van der Waals surface area (Å²) in [6, 6.07) is 6.15. The molecule has 1 aromatic carbocycles. The molecular formula is C13H18BrNO. The van der Waals surface area contributed by atoms with E-state index in [9.17, 15) is 0 Å². The van der Waals surface area contributed by atoms with E-state index >= 15 is 0 Å². The molecule has 0 amide bonds. The number of halogens is 1. The van der Waals surface area contributed by atoms with Gasteiger partial charge in [0.1, 0.15) is 11.4 Å². The minimum Gasteiger partial charge on any atom is -0.487 e. The predicted molar refractivity (Wildman–Crippen MR) is 69.6 cm³/mol. The largest absolute Gasteiger partial charge is 0.487 e. The molecule has 0 bridgehead atoms. The Kier molecular flexibility index (Phi) is 3.27. The number of rotatable bonds is 2. The van der Waals surface area contributed by atoms with Gasteiger partial charge < -0.3 is 10.5 Å². The van der Waals surface area contributed by atoms with Crippen molar-refractivity contribution in [3.05, 3.63) is 28.2 Å². The lowest BCUT2D eigenvalue weighted by atomic mass is 9.86. The zero-order valence-electron chi connectivity index (χ0n) is 9.79. The number of benzene rings is 1. The van der Waals surface area contributed by atoms with Gasteiger partial charge in [0.25, 0.3) is 0 Å². The molecule has 2 nitrogen and oxygen atoms in total. The summed E-state index contributed by atoms with van der Waals surface area (Å²) >= 11 is 3.47. The fourth-order valence-corrected chi connectivity index (χ4v) is 2.85. The highest BCUT2D eigenvalue weighted by Gasteiger charge is 2.34. The lowest BCUT2D eigenvalue weighted by Gasteiger charge is -2.38. The molecule has 1 unspecified atom stereocenters. The Morgan fingerprint density at radius 2 is 2.31 bits per heavy atom. The van der Waals surface area contributed by atoms with Crippen molar-refractivity contribution >= 4 is 15.9 Å². The van der Waals surface area contributed by atoms with E-state index in [2.05, 4.69) is 35.8 Å². The second-order valence-electron chi connectivity index (χ2n) is 4.79. The van der Waals surface area contributed by atoms with Crippen LogP contribution in [0.1, 0.15) is 44.7 Å². The van der Waals surface area contributed by atoms with Crippen LogP contribution in [0.2, 0.25) is 0 Å². The van der Waals surface area contributed by atoms with Crippen molar-refractivity contribution in [1.82, 2.24) is 0 Å². The van der Waals surface area contributed by atoms with E-state index in [1.165, 1.54) is 0 Å². The molecule has 1 heterocycles. The Morgan fingerprint density at radius 3 is 3.00 bits per heavy atom. The van der Waals surface area contributed by atoms with Crippen LogP contribution in [-0.2, 0) is 0 Å². The number of ether oxygens (including phenoxy) is 1. The summed E-state index contributed by atoms with van der Waals surface area (Å²) in [6.07, 6.45) is 3.07. The van der Waals surface area contributed by atoms with Gasteiger partial charge in [-0.3, -0.25) is 0 Å². The van der Waals surface area contributed by atoms with Gasteiger partial charge in [0.05, 0.1) is 0 Å². The standard InChI is InChI=1S/C13H18BrNO/c1-3-6-13(2)8-11(15)10-7-9(14)4-5-12(10)16-13/h4-5,7,11H,3,6,8,15H2,1-2H3/t11-,13?/m1/s1. The van der Waals surface area contributed by atoms with Gasteiger partial charge in [0.15, 0.2) is 0 Å². The molecule has 0 spiro atoms. The number of hydrogen-bond acceptors (Lipinski definition) is 2. The lowest BCUT2D eigenvalue weighted by Crippen LogP contribution is -2.40. The maximum absolute atomic E-state index is 6.22. The molecule has 3 heteroatoms. The molecule has 0 aliphatic carbocycles. The van der Waals surface area contributed by atoms with Crippen LogP contribution in [0, 0.1) is 0 Å². The van der Waals surface area contributed by atoms with Crippen molar-refractivity contribution in [3.63, 3.8) is 0 Å². The minimum atomic E-state index is -0.102. The molecule has 1 aliphatic rings. The summed E-state index contributed by atoms with van der Waals surface area (Å²) in [7, 11) is 0. The number of nitrogens with two attached hydrogens (primary N) is 1. The van der Waals surface area contributed by atoms with Crippen LogP contribution < -0.4 is 10.5 Å². The van der Waals surface area contributed by atoms with Crippen LogP contribution in [0.3, 0.4) is 0 Å². The summed E-state index contributed by atoms with van der Waals surface area (Å²) in [5.74, 6) is 0.943. The first-order valence-electron chi connectivity index (χ1n) is 5.78. The Labute approximate surface area is 105 Å². The van der Waals surface area contributed by atoms with Gasteiger partial charge in [-0.2, -0.15) is 0 Å². The summed E-state index contributed by atoms with van der Waals surface area (Å²) in [4.78, 5) is 0. The van der Waals surface area contributed by atoms with E-state index in [-0.39, 0.29) is 11.6 Å². The van der Waals surface area contributed by atoms with E-state index < -0.39 is 0 Å². The molecule has 1 aromatic rings. The highest BCUT2D eigenvalue weighted by atomic mass is 79.9. The first kappa shape index (κ1) is 11.9.